The van der Waals surface area contributed by atoms with Crippen LogP contribution in [0, 0.1) is 5.41 Å². The number of hydrogen-bond donors (Lipinski definition) is 4. The summed E-state index contributed by atoms with van der Waals surface area (Å²) in [5.41, 5.74) is -0.926. The van der Waals surface area contributed by atoms with Crippen LogP contribution in [-0.2, 0) is 9.59 Å². The summed E-state index contributed by atoms with van der Waals surface area (Å²) in [6.07, 6.45) is 0.917. The van der Waals surface area contributed by atoms with Gasteiger partial charge in [-0.15, -0.1) is 0 Å². The maximum atomic E-state index is 11.4. The van der Waals surface area contributed by atoms with Gasteiger partial charge in [-0.25, -0.2) is 0 Å². The van der Waals surface area contributed by atoms with Crippen LogP contribution in [-0.4, -0.2) is 41.8 Å². The molecule has 0 radical (unpaired) electrons. The molecule has 16 heavy (non-hydrogen) atoms. The van der Waals surface area contributed by atoms with Gasteiger partial charge >= 0.3 is 0 Å². The van der Waals surface area contributed by atoms with Crippen molar-refractivity contribution >= 4 is 11.8 Å². The summed E-state index contributed by atoms with van der Waals surface area (Å²) < 4.78 is 0. The van der Waals surface area contributed by atoms with Crippen LogP contribution < -0.4 is 10.6 Å². The van der Waals surface area contributed by atoms with Crippen LogP contribution in [0.4, 0.5) is 0 Å². The fourth-order valence-corrected chi connectivity index (χ4v) is 0.803. The molecule has 0 fully saturated rings. The summed E-state index contributed by atoms with van der Waals surface area (Å²) >= 11 is 0. The number of amides is 2. The van der Waals surface area contributed by atoms with E-state index in [-0.39, 0.29) is 12.5 Å². The number of aliphatic hydroxyl groups excluding tert-OH is 2. The van der Waals surface area contributed by atoms with Crippen molar-refractivity contribution in [3.05, 3.63) is 12.3 Å². The van der Waals surface area contributed by atoms with Crippen molar-refractivity contribution in [2.75, 3.05) is 13.7 Å². The Labute approximate surface area is 94.3 Å². The first-order chi connectivity index (χ1) is 7.35. The predicted octanol–water partition coefficient (Wildman–Crippen LogP) is -1.26. The monoisotopic (exact) mass is 230 g/mol. The quantitative estimate of drug-likeness (QED) is 0.443. The molecule has 0 aromatic carbocycles. The molecule has 4 N–H and O–H groups in total. The van der Waals surface area contributed by atoms with E-state index in [1.54, 1.807) is 13.8 Å². The highest BCUT2D eigenvalue weighted by atomic mass is 16.3. The fourth-order valence-electron chi connectivity index (χ4n) is 0.803. The molecule has 0 saturated carbocycles. The highest BCUT2D eigenvalue weighted by Gasteiger charge is 2.32. The summed E-state index contributed by atoms with van der Waals surface area (Å²) in [6.45, 7) is 2.79. The average molecular weight is 230 g/mol. The van der Waals surface area contributed by atoms with Crippen LogP contribution in [0.2, 0.25) is 0 Å². The number of hydrogen-bond acceptors (Lipinski definition) is 4. The standard InChI is InChI=1S/C10H18N2O4/c1-10(2,6-13)8(15)9(16)12-5-4-7(14)11-3/h4-5,8,13,15H,6H2,1-3H3,(H,11,14)(H,12,16)/b5-4+/t8-/m0/s1. The third-order valence-electron chi connectivity index (χ3n) is 2.10. The normalized spacial score (nSPS) is 13.6. The lowest BCUT2D eigenvalue weighted by Gasteiger charge is -2.26. The van der Waals surface area contributed by atoms with E-state index in [1.807, 2.05) is 0 Å². The Bertz CT molecular complexity index is 287. The molecule has 0 aromatic rings. The van der Waals surface area contributed by atoms with Gasteiger partial charge in [0.25, 0.3) is 5.91 Å². The Morgan fingerprint density at radius 1 is 1.44 bits per heavy atom. The Morgan fingerprint density at radius 3 is 2.44 bits per heavy atom. The smallest absolute Gasteiger partial charge is 0.253 e. The Morgan fingerprint density at radius 2 is 2.00 bits per heavy atom. The van der Waals surface area contributed by atoms with Crippen molar-refractivity contribution in [3.8, 4) is 0 Å². The van der Waals surface area contributed by atoms with Crippen LogP contribution in [0.3, 0.4) is 0 Å². The average Bonchev–Trinajstić information content (AvgIpc) is 2.27. The van der Waals surface area contributed by atoms with Crippen molar-refractivity contribution in [2.24, 2.45) is 5.41 Å². The molecule has 92 valence electrons. The van der Waals surface area contributed by atoms with Gasteiger partial charge in [0.2, 0.25) is 5.91 Å². The minimum atomic E-state index is -1.34. The fraction of sp³-hybridized carbons (Fsp3) is 0.600. The van der Waals surface area contributed by atoms with Crippen molar-refractivity contribution in [2.45, 2.75) is 20.0 Å². The maximum absolute atomic E-state index is 11.4. The number of likely N-dealkylation sites (N-methyl/N-ethyl adjacent to an activating group) is 1. The lowest BCUT2D eigenvalue weighted by Crippen LogP contribution is -2.44. The van der Waals surface area contributed by atoms with Crippen molar-refractivity contribution in [3.63, 3.8) is 0 Å². The second kappa shape index (κ2) is 6.24. The zero-order chi connectivity index (χ0) is 12.8. The second-order valence-electron chi connectivity index (χ2n) is 4.01. The molecule has 0 aliphatic rings. The van der Waals surface area contributed by atoms with Gasteiger partial charge < -0.3 is 20.8 Å². The topological polar surface area (TPSA) is 98.7 Å². The molecule has 0 saturated heterocycles. The van der Waals surface area contributed by atoms with Gasteiger partial charge in [0.05, 0.1) is 6.61 Å². The molecule has 0 aliphatic carbocycles. The molecular formula is C10H18N2O4. The lowest BCUT2D eigenvalue weighted by atomic mass is 9.87. The van der Waals surface area contributed by atoms with E-state index in [0.29, 0.717) is 0 Å². The molecule has 0 aliphatic heterocycles. The van der Waals surface area contributed by atoms with E-state index in [9.17, 15) is 14.7 Å². The van der Waals surface area contributed by atoms with Crippen LogP contribution in [0.25, 0.3) is 0 Å². The first-order valence-corrected chi connectivity index (χ1v) is 4.82. The minimum absolute atomic E-state index is 0.319. The first kappa shape index (κ1) is 14.6. The van der Waals surface area contributed by atoms with E-state index in [2.05, 4.69) is 10.6 Å². The summed E-state index contributed by atoms with van der Waals surface area (Å²) in [7, 11) is 1.46. The van der Waals surface area contributed by atoms with Crippen LogP contribution in [0.15, 0.2) is 12.3 Å². The molecule has 0 aromatic heterocycles. The molecule has 0 heterocycles. The largest absolute Gasteiger partial charge is 0.396 e. The zero-order valence-electron chi connectivity index (χ0n) is 9.65. The van der Waals surface area contributed by atoms with Gasteiger partial charge in [0.1, 0.15) is 6.10 Å². The maximum Gasteiger partial charge on any atom is 0.253 e. The van der Waals surface area contributed by atoms with Crippen LogP contribution in [0.1, 0.15) is 13.8 Å². The van der Waals surface area contributed by atoms with Crippen molar-refractivity contribution in [1.82, 2.24) is 10.6 Å². The van der Waals surface area contributed by atoms with Gasteiger partial charge in [-0.1, -0.05) is 13.8 Å². The third-order valence-corrected chi connectivity index (χ3v) is 2.10. The second-order valence-corrected chi connectivity index (χ2v) is 4.01. The lowest BCUT2D eigenvalue weighted by molar-refractivity contribution is -0.136. The number of carbonyl (C=O) groups excluding carboxylic acids is 2. The van der Waals surface area contributed by atoms with Gasteiger partial charge in [-0.05, 0) is 0 Å². The number of carbonyl (C=O) groups is 2. The predicted molar refractivity (Wildman–Crippen MR) is 58.2 cm³/mol. The van der Waals surface area contributed by atoms with Crippen LogP contribution in [0.5, 0.6) is 0 Å². The van der Waals surface area contributed by atoms with Crippen LogP contribution >= 0.6 is 0 Å². The van der Waals surface area contributed by atoms with E-state index >= 15 is 0 Å². The van der Waals surface area contributed by atoms with Crippen molar-refractivity contribution < 1.29 is 19.8 Å². The van der Waals surface area contributed by atoms with Crippen molar-refractivity contribution in [1.29, 1.82) is 0 Å². The third kappa shape index (κ3) is 4.41. The van der Waals surface area contributed by atoms with E-state index in [1.165, 1.54) is 7.05 Å². The van der Waals surface area contributed by atoms with E-state index in [4.69, 9.17) is 5.11 Å². The summed E-state index contributed by atoms with van der Waals surface area (Å²) in [5.74, 6) is -1.03. The molecule has 0 rings (SSSR count). The highest BCUT2D eigenvalue weighted by Crippen LogP contribution is 2.19. The number of aliphatic hydroxyl groups is 2. The molecule has 6 nitrogen and oxygen atoms in total. The molecule has 0 spiro atoms. The summed E-state index contributed by atoms with van der Waals surface area (Å²) in [5, 5.41) is 23.1. The SMILES string of the molecule is CNC(=O)/C=C/NC(=O)[C@H](O)C(C)(C)CO. The number of nitrogens with one attached hydrogen (secondary N) is 2. The zero-order valence-corrected chi connectivity index (χ0v) is 9.65. The molecule has 1 atom stereocenters. The highest BCUT2D eigenvalue weighted by molar-refractivity contribution is 5.88. The van der Waals surface area contributed by atoms with E-state index in [0.717, 1.165) is 12.3 Å². The molecule has 0 unspecified atom stereocenters. The Balaban J connectivity index is 4.27. The molecule has 2 amide bonds. The van der Waals surface area contributed by atoms with E-state index < -0.39 is 17.4 Å². The van der Waals surface area contributed by atoms with Gasteiger partial charge in [0, 0.05) is 24.7 Å². The summed E-state index contributed by atoms with van der Waals surface area (Å²) in [4.78, 5) is 22.1. The molecular weight excluding hydrogens is 212 g/mol. The Hall–Kier alpha value is -1.40. The minimum Gasteiger partial charge on any atom is -0.396 e. The summed E-state index contributed by atoms with van der Waals surface area (Å²) in [6, 6.07) is 0. The molecule has 6 heteroatoms. The van der Waals surface area contributed by atoms with Gasteiger partial charge in [-0.2, -0.15) is 0 Å². The van der Waals surface area contributed by atoms with Gasteiger partial charge in [-0.3, -0.25) is 9.59 Å². The van der Waals surface area contributed by atoms with Gasteiger partial charge in [0.15, 0.2) is 0 Å². The number of rotatable bonds is 5. The first-order valence-electron chi connectivity index (χ1n) is 4.82. The Kier molecular flexibility index (Phi) is 5.69. The molecule has 0 bridgehead atoms.